The van der Waals surface area contributed by atoms with E-state index < -0.39 is 0 Å². The molecule has 0 spiro atoms. The lowest BCUT2D eigenvalue weighted by molar-refractivity contribution is 0.597. The SMILES string of the molecule is NCCC(c1ccccc1)N1CCc2ccccc21. The lowest BCUT2D eigenvalue weighted by Crippen LogP contribution is -2.28. The van der Waals surface area contributed by atoms with Gasteiger partial charge in [-0.1, -0.05) is 48.5 Å². The molecule has 19 heavy (non-hydrogen) atoms. The molecule has 1 heterocycles. The van der Waals surface area contributed by atoms with E-state index in [4.69, 9.17) is 5.73 Å². The van der Waals surface area contributed by atoms with Crippen molar-refractivity contribution in [2.24, 2.45) is 5.73 Å². The minimum atomic E-state index is 0.398. The Bertz CT molecular complexity index is 536. The maximum absolute atomic E-state index is 5.83. The average Bonchev–Trinajstić information content (AvgIpc) is 2.89. The summed E-state index contributed by atoms with van der Waals surface area (Å²) < 4.78 is 0. The Morgan fingerprint density at radius 2 is 1.74 bits per heavy atom. The average molecular weight is 252 g/mol. The van der Waals surface area contributed by atoms with Crippen LogP contribution in [-0.4, -0.2) is 13.1 Å². The smallest absolute Gasteiger partial charge is 0.0554 e. The molecule has 1 aliphatic heterocycles. The van der Waals surface area contributed by atoms with Gasteiger partial charge in [0.2, 0.25) is 0 Å². The lowest BCUT2D eigenvalue weighted by Gasteiger charge is -2.30. The van der Waals surface area contributed by atoms with Crippen molar-refractivity contribution in [1.29, 1.82) is 0 Å². The largest absolute Gasteiger partial charge is 0.364 e. The number of para-hydroxylation sites is 1. The van der Waals surface area contributed by atoms with Crippen LogP contribution in [0.1, 0.15) is 23.6 Å². The van der Waals surface area contributed by atoms with Crippen molar-refractivity contribution >= 4 is 5.69 Å². The zero-order valence-electron chi connectivity index (χ0n) is 11.1. The highest BCUT2D eigenvalue weighted by atomic mass is 15.2. The molecule has 3 rings (SSSR count). The molecular weight excluding hydrogens is 232 g/mol. The number of hydrogen-bond acceptors (Lipinski definition) is 2. The topological polar surface area (TPSA) is 29.3 Å². The highest BCUT2D eigenvalue weighted by Crippen LogP contribution is 2.36. The summed E-state index contributed by atoms with van der Waals surface area (Å²) in [6, 6.07) is 19.8. The van der Waals surface area contributed by atoms with Gasteiger partial charge in [0.1, 0.15) is 0 Å². The third-order valence-corrected chi connectivity index (χ3v) is 3.92. The normalized spacial score (nSPS) is 15.3. The number of benzene rings is 2. The summed E-state index contributed by atoms with van der Waals surface area (Å²) >= 11 is 0. The van der Waals surface area contributed by atoms with Gasteiger partial charge in [0.15, 0.2) is 0 Å². The molecule has 2 nitrogen and oxygen atoms in total. The summed E-state index contributed by atoms with van der Waals surface area (Å²) in [7, 11) is 0. The van der Waals surface area contributed by atoms with Gasteiger partial charge in [0, 0.05) is 12.2 Å². The molecule has 1 aliphatic rings. The van der Waals surface area contributed by atoms with Crippen LogP contribution in [-0.2, 0) is 6.42 Å². The molecule has 1 atom stereocenters. The highest BCUT2D eigenvalue weighted by molar-refractivity contribution is 5.59. The van der Waals surface area contributed by atoms with Crippen molar-refractivity contribution in [2.45, 2.75) is 18.9 Å². The molecule has 2 aromatic carbocycles. The Hall–Kier alpha value is -1.80. The van der Waals surface area contributed by atoms with Crippen LogP contribution in [0.3, 0.4) is 0 Å². The van der Waals surface area contributed by atoms with E-state index in [2.05, 4.69) is 59.5 Å². The third-order valence-electron chi connectivity index (χ3n) is 3.92. The van der Waals surface area contributed by atoms with Crippen LogP contribution in [0.15, 0.2) is 54.6 Å². The first-order valence-electron chi connectivity index (χ1n) is 6.99. The van der Waals surface area contributed by atoms with E-state index in [9.17, 15) is 0 Å². The second kappa shape index (κ2) is 5.45. The fraction of sp³-hybridized carbons (Fsp3) is 0.294. The standard InChI is InChI=1S/C17H20N2/c18-12-10-17(14-6-2-1-3-7-14)19-13-11-15-8-4-5-9-16(15)19/h1-9,17H,10-13,18H2. The molecule has 0 radical (unpaired) electrons. The van der Waals surface area contributed by atoms with E-state index in [1.54, 1.807) is 0 Å². The van der Waals surface area contributed by atoms with Gasteiger partial charge in [0.25, 0.3) is 0 Å². The second-order valence-corrected chi connectivity index (χ2v) is 5.08. The van der Waals surface area contributed by atoms with Gasteiger partial charge in [-0.25, -0.2) is 0 Å². The van der Waals surface area contributed by atoms with Gasteiger partial charge < -0.3 is 10.6 Å². The number of anilines is 1. The molecule has 1 unspecified atom stereocenters. The number of nitrogens with zero attached hydrogens (tertiary/aromatic N) is 1. The zero-order chi connectivity index (χ0) is 13.1. The van der Waals surface area contributed by atoms with Crippen LogP contribution in [0, 0.1) is 0 Å². The maximum atomic E-state index is 5.83. The molecule has 0 saturated carbocycles. The Morgan fingerprint density at radius 3 is 2.53 bits per heavy atom. The number of fused-ring (bicyclic) bond motifs is 1. The molecule has 2 aromatic rings. The molecular formula is C17H20N2. The van der Waals surface area contributed by atoms with Gasteiger partial charge >= 0.3 is 0 Å². The van der Waals surface area contributed by atoms with Crippen LogP contribution in [0.2, 0.25) is 0 Å². The number of nitrogens with two attached hydrogens (primary N) is 1. The van der Waals surface area contributed by atoms with Gasteiger partial charge in [-0.05, 0) is 36.6 Å². The van der Waals surface area contributed by atoms with Crippen LogP contribution < -0.4 is 10.6 Å². The number of rotatable bonds is 4. The summed E-state index contributed by atoms with van der Waals surface area (Å²) in [5.41, 5.74) is 10.0. The molecule has 0 bridgehead atoms. The Labute approximate surface area is 114 Å². The van der Waals surface area contributed by atoms with Crippen molar-refractivity contribution in [3.63, 3.8) is 0 Å². The summed E-state index contributed by atoms with van der Waals surface area (Å²) in [6.07, 6.45) is 2.14. The lowest BCUT2D eigenvalue weighted by atomic mass is 10.0. The van der Waals surface area contributed by atoms with Gasteiger partial charge in [-0.3, -0.25) is 0 Å². The molecule has 0 amide bonds. The van der Waals surface area contributed by atoms with E-state index in [1.165, 1.54) is 16.8 Å². The Morgan fingerprint density at radius 1 is 1.00 bits per heavy atom. The van der Waals surface area contributed by atoms with E-state index >= 15 is 0 Å². The summed E-state index contributed by atoms with van der Waals surface area (Å²) in [5, 5.41) is 0. The quantitative estimate of drug-likeness (QED) is 0.905. The molecule has 2 N–H and O–H groups in total. The minimum Gasteiger partial charge on any atom is -0.364 e. The minimum absolute atomic E-state index is 0.398. The predicted octanol–water partition coefficient (Wildman–Crippen LogP) is 3.14. The van der Waals surface area contributed by atoms with Crippen molar-refractivity contribution in [1.82, 2.24) is 0 Å². The first kappa shape index (κ1) is 12.2. The van der Waals surface area contributed by atoms with Crippen molar-refractivity contribution in [2.75, 3.05) is 18.0 Å². The van der Waals surface area contributed by atoms with Crippen LogP contribution in [0.5, 0.6) is 0 Å². The van der Waals surface area contributed by atoms with Gasteiger partial charge in [-0.15, -0.1) is 0 Å². The van der Waals surface area contributed by atoms with E-state index in [-0.39, 0.29) is 0 Å². The van der Waals surface area contributed by atoms with Gasteiger partial charge in [0.05, 0.1) is 6.04 Å². The van der Waals surface area contributed by atoms with E-state index in [1.807, 2.05) is 0 Å². The number of hydrogen-bond donors (Lipinski definition) is 1. The van der Waals surface area contributed by atoms with Crippen molar-refractivity contribution in [3.8, 4) is 0 Å². The van der Waals surface area contributed by atoms with Crippen LogP contribution >= 0.6 is 0 Å². The third kappa shape index (κ3) is 2.36. The molecule has 98 valence electrons. The van der Waals surface area contributed by atoms with E-state index in [0.717, 1.165) is 25.9 Å². The Kier molecular flexibility index (Phi) is 3.51. The molecule has 0 aromatic heterocycles. The maximum Gasteiger partial charge on any atom is 0.0554 e. The van der Waals surface area contributed by atoms with E-state index in [0.29, 0.717) is 6.04 Å². The molecule has 0 fully saturated rings. The first-order valence-corrected chi connectivity index (χ1v) is 6.99. The molecule has 2 heteroatoms. The van der Waals surface area contributed by atoms with Crippen LogP contribution in [0.4, 0.5) is 5.69 Å². The predicted molar refractivity (Wildman–Crippen MR) is 80.3 cm³/mol. The molecule has 0 aliphatic carbocycles. The monoisotopic (exact) mass is 252 g/mol. The summed E-state index contributed by atoms with van der Waals surface area (Å²) in [5.74, 6) is 0. The first-order chi connectivity index (χ1) is 9.40. The Balaban J connectivity index is 1.94. The summed E-state index contributed by atoms with van der Waals surface area (Å²) in [4.78, 5) is 2.51. The fourth-order valence-corrected chi connectivity index (χ4v) is 3.02. The molecule has 0 saturated heterocycles. The van der Waals surface area contributed by atoms with Crippen molar-refractivity contribution < 1.29 is 0 Å². The van der Waals surface area contributed by atoms with Gasteiger partial charge in [-0.2, -0.15) is 0 Å². The zero-order valence-corrected chi connectivity index (χ0v) is 11.1. The second-order valence-electron chi connectivity index (χ2n) is 5.08. The van der Waals surface area contributed by atoms with Crippen LogP contribution in [0.25, 0.3) is 0 Å². The fourth-order valence-electron chi connectivity index (χ4n) is 3.02. The highest BCUT2D eigenvalue weighted by Gasteiger charge is 2.26. The van der Waals surface area contributed by atoms with Crippen molar-refractivity contribution in [3.05, 3.63) is 65.7 Å². The summed E-state index contributed by atoms with van der Waals surface area (Å²) in [6.45, 7) is 1.82.